The summed E-state index contributed by atoms with van der Waals surface area (Å²) in [6, 6.07) is 16.6. The van der Waals surface area contributed by atoms with Gasteiger partial charge in [-0.3, -0.25) is 10.1 Å². The molecule has 4 heterocycles. The van der Waals surface area contributed by atoms with E-state index in [2.05, 4.69) is 36.2 Å². The molecule has 31 heavy (non-hydrogen) atoms. The van der Waals surface area contributed by atoms with Crippen LogP contribution in [0.25, 0.3) is 55.6 Å². The van der Waals surface area contributed by atoms with Gasteiger partial charge < -0.3 is 4.98 Å². The largest absolute Gasteiger partial charge is 0.353 e. The minimum absolute atomic E-state index is 0.248. The molecule has 0 aliphatic rings. The predicted molar refractivity (Wildman–Crippen MR) is 118 cm³/mol. The van der Waals surface area contributed by atoms with Crippen molar-refractivity contribution in [1.29, 1.82) is 0 Å². The molecule has 0 saturated heterocycles. The number of aromatic nitrogens is 6. The third-order valence-corrected chi connectivity index (χ3v) is 5.38. The quantitative estimate of drug-likeness (QED) is 0.414. The van der Waals surface area contributed by atoms with E-state index in [1.807, 2.05) is 24.3 Å². The van der Waals surface area contributed by atoms with Crippen LogP contribution in [0.1, 0.15) is 0 Å². The molecule has 2 N–H and O–H groups in total. The Labute approximate surface area is 175 Å². The third-order valence-electron chi connectivity index (χ3n) is 5.38. The van der Waals surface area contributed by atoms with Gasteiger partial charge in [0.05, 0.1) is 23.1 Å². The lowest BCUT2D eigenvalue weighted by Crippen LogP contribution is -1.86. The Kier molecular flexibility index (Phi) is 3.86. The summed E-state index contributed by atoms with van der Waals surface area (Å²) in [7, 11) is 0. The zero-order valence-corrected chi connectivity index (χ0v) is 16.2. The van der Waals surface area contributed by atoms with Crippen LogP contribution in [0.4, 0.5) is 4.39 Å². The molecule has 0 unspecified atom stereocenters. The number of pyridine rings is 1. The van der Waals surface area contributed by atoms with Gasteiger partial charge >= 0.3 is 0 Å². The maximum atomic E-state index is 13.4. The summed E-state index contributed by atoms with van der Waals surface area (Å²) in [6.07, 6.45) is 6.73. The van der Waals surface area contributed by atoms with Gasteiger partial charge in [-0.05, 0) is 41.5 Å². The highest BCUT2D eigenvalue weighted by Crippen LogP contribution is 2.34. The fourth-order valence-electron chi connectivity index (χ4n) is 3.88. The first kappa shape index (κ1) is 17.5. The summed E-state index contributed by atoms with van der Waals surface area (Å²) in [5, 5.41) is 9.58. The van der Waals surface area contributed by atoms with Crippen molar-refractivity contribution in [3.8, 4) is 33.8 Å². The van der Waals surface area contributed by atoms with Gasteiger partial charge in [-0.25, -0.2) is 14.4 Å². The maximum Gasteiger partial charge on any atom is 0.123 e. The molecule has 0 saturated carbocycles. The van der Waals surface area contributed by atoms with E-state index in [-0.39, 0.29) is 5.82 Å². The van der Waals surface area contributed by atoms with Gasteiger partial charge in [0.25, 0.3) is 0 Å². The van der Waals surface area contributed by atoms with Crippen LogP contribution in [-0.4, -0.2) is 30.1 Å². The van der Waals surface area contributed by atoms with Crippen LogP contribution < -0.4 is 0 Å². The number of hydrogen-bond donors (Lipinski definition) is 2. The molecule has 6 aromatic rings. The van der Waals surface area contributed by atoms with Crippen molar-refractivity contribution >= 4 is 21.8 Å². The fraction of sp³-hybridized carbons (Fsp3) is 0. The molecular formula is C24H15FN6. The lowest BCUT2D eigenvalue weighted by Gasteiger charge is -2.03. The van der Waals surface area contributed by atoms with Crippen molar-refractivity contribution in [2.24, 2.45) is 0 Å². The molecule has 6 nitrogen and oxygen atoms in total. The molecule has 0 spiro atoms. The molecule has 4 aromatic heterocycles. The van der Waals surface area contributed by atoms with Crippen molar-refractivity contribution < 1.29 is 4.39 Å². The topological polar surface area (TPSA) is 83.1 Å². The Morgan fingerprint density at radius 2 is 1.61 bits per heavy atom. The van der Waals surface area contributed by atoms with Gasteiger partial charge in [-0.2, -0.15) is 5.10 Å². The van der Waals surface area contributed by atoms with E-state index in [1.54, 1.807) is 30.7 Å². The van der Waals surface area contributed by atoms with Crippen LogP contribution >= 0.6 is 0 Å². The monoisotopic (exact) mass is 406 g/mol. The van der Waals surface area contributed by atoms with E-state index in [9.17, 15) is 4.39 Å². The smallest absolute Gasteiger partial charge is 0.123 e. The van der Waals surface area contributed by atoms with Gasteiger partial charge in [0.2, 0.25) is 0 Å². The highest BCUT2D eigenvalue weighted by Gasteiger charge is 2.15. The number of benzene rings is 2. The molecule has 0 fully saturated rings. The number of rotatable bonds is 3. The number of halogens is 1. The number of aromatic amines is 2. The molecule has 0 radical (unpaired) electrons. The van der Waals surface area contributed by atoms with Gasteiger partial charge in [0.1, 0.15) is 17.8 Å². The molecule has 0 aliphatic carbocycles. The first-order valence-corrected chi connectivity index (χ1v) is 9.74. The second-order valence-electron chi connectivity index (χ2n) is 7.27. The summed E-state index contributed by atoms with van der Waals surface area (Å²) in [5.41, 5.74) is 7.12. The second-order valence-corrected chi connectivity index (χ2v) is 7.27. The first-order valence-electron chi connectivity index (χ1n) is 9.74. The van der Waals surface area contributed by atoms with E-state index >= 15 is 0 Å². The molecule has 0 amide bonds. The number of H-pyrrole nitrogens is 2. The van der Waals surface area contributed by atoms with Crippen LogP contribution in [-0.2, 0) is 0 Å². The van der Waals surface area contributed by atoms with Gasteiger partial charge in [0, 0.05) is 34.2 Å². The standard InChI is InChI=1S/C24H15FN6/c25-16-6-4-14(5-7-16)17-2-1-3-20-18(17)8-22(29-20)24-19-9-21(15-10-26-13-27-11-15)28-12-23(19)30-31-24/h1-13,29H,(H,30,31). The molecule has 6 rings (SSSR count). The number of nitrogens with one attached hydrogen (secondary N) is 2. The van der Waals surface area contributed by atoms with Crippen molar-refractivity contribution in [1.82, 2.24) is 30.1 Å². The minimum atomic E-state index is -0.248. The van der Waals surface area contributed by atoms with Crippen molar-refractivity contribution in [2.75, 3.05) is 0 Å². The molecule has 2 aromatic carbocycles. The highest BCUT2D eigenvalue weighted by molar-refractivity contribution is 6.01. The normalized spacial score (nSPS) is 11.4. The average molecular weight is 406 g/mol. The molecule has 0 aliphatic heterocycles. The summed E-state index contributed by atoms with van der Waals surface area (Å²) < 4.78 is 13.4. The summed E-state index contributed by atoms with van der Waals surface area (Å²) >= 11 is 0. The first-order chi connectivity index (χ1) is 15.3. The van der Waals surface area contributed by atoms with Crippen molar-refractivity contribution in [3.63, 3.8) is 0 Å². The number of fused-ring (bicyclic) bond motifs is 2. The highest BCUT2D eigenvalue weighted by atomic mass is 19.1. The van der Waals surface area contributed by atoms with E-state index in [0.717, 1.165) is 55.6 Å². The van der Waals surface area contributed by atoms with E-state index in [1.165, 1.54) is 18.5 Å². The molecule has 0 bridgehead atoms. The van der Waals surface area contributed by atoms with Gasteiger partial charge in [-0.1, -0.05) is 24.3 Å². The van der Waals surface area contributed by atoms with Crippen LogP contribution in [0.5, 0.6) is 0 Å². The zero-order valence-electron chi connectivity index (χ0n) is 16.2. The van der Waals surface area contributed by atoms with Crippen LogP contribution in [0.3, 0.4) is 0 Å². The Morgan fingerprint density at radius 1 is 0.774 bits per heavy atom. The zero-order chi connectivity index (χ0) is 20.8. The van der Waals surface area contributed by atoms with E-state index in [0.29, 0.717) is 0 Å². The van der Waals surface area contributed by atoms with E-state index in [4.69, 9.17) is 0 Å². The molecular weight excluding hydrogens is 391 g/mol. The SMILES string of the molecule is Fc1ccc(-c2cccc3[nH]c(-c4n[nH]c5cnc(-c6cncnc6)cc45)cc23)cc1. The Balaban J connectivity index is 1.51. The van der Waals surface area contributed by atoms with Crippen LogP contribution in [0.15, 0.2) is 79.5 Å². The molecule has 0 atom stereocenters. The average Bonchev–Trinajstić information content (AvgIpc) is 3.43. The fourth-order valence-corrected chi connectivity index (χ4v) is 3.88. The van der Waals surface area contributed by atoms with Crippen LogP contribution in [0, 0.1) is 5.82 Å². The number of nitrogens with zero attached hydrogens (tertiary/aromatic N) is 4. The Hall–Kier alpha value is -4.39. The minimum Gasteiger partial charge on any atom is -0.353 e. The second kappa shape index (κ2) is 6.84. The lowest BCUT2D eigenvalue weighted by molar-refractivity contribution is 0.628. The maximum absolute atomic E-state index is 13.4. The van der Waals surface area contributed by atoms with Crippen LogP contribution in [0.2, 0.25) is 0 Å². The predicted octanol–water partition coefficient (Wildman–Crippen LogP) is 5.37. The Morgan fingerprint density at radius 3 is 2.45 bits per heavy atom. The summed E-state index contributed by atoms with van der Waals surface area (Å²) in [5.74, 6) is -0.248. The number of hydrogen-bond acceptors (Lipinski definition) is 4. The van der Waals surface area contributed by atoms with Gasteiger partial charge in [0.15, 0.2) is 0 Å². The Bertz CT molecular complexity index is 1530. The molecule has 148 valence electrons. The summed E-state index contributed by atoms with van der Waals surface area (Å²) in [6.45, 7) is 0. The van der Waals surface area contributed by atoms with Gasteiger partial charge in [-0.15, -0.1) is 0 Å². The van der Waals surface area contributed by atoms with Crippen molar-refractivity contribution in [2.45, 2.75) is 0 Å². The van der Waals surface area contributed by atoms with E-state index < -0.39 is 0 Å². The lowest BCUT2D eigenvalue weighted by atomic mass is 10.0. The summed E-state index contributed by atoms with van der Waals surface area (Å²) in [4.78, 5) is 16.1. The van der Waals surface area contributed by atoms with Crippen molar-refractivity contribution in [3.05, 3.63) is 85.3 Å². The molecule has 7 heteroatoms. The third kappa shape index (κ3) is 2.95.